The monoisotopic (exact) mass is 416 g/mol. The third-order valence-corrected chi connectivity index (χ3v) is 5.50. The first-order valence-corrected chi connectivity index (χ1v) is 11.1. The van der Waals surface area contributed by atoms with E-state index >= 15 is 0 Å². The van der Waals surface area contributed by atoms with Gasteiger partial charge in [0.05, 0.1) is 22.2 Å². The highest BCUT2D eigenvalue weighted by atomic mass is 14.9. The van der Waals surface area contributed by atoms with Crippen molar-refractivity contribution in [3.8, 4) is 23.7 Å². The van der Waals surface area contributed by atoms with E-state index in [9.17, 15) is 0 Å². The maximum absolute atomic E-state index is 3.58. The maximum atomic E-state index is 3.58. The van der Waals surface area contributed by atoms with Gasteiger partial charge in [0, 0.05) is 45.0 Å². The summed E-state index contributed by atoms with van der Waals surface area (Å²) < 4.78 is 4.51. The van der Waals surface area contributed by atoms with Crippen molar-refractivity contribution in [2.24, 2.45) is 10.8 Å². The molecule has 2 nitrogen and oxygen atoms in total. The number of rotatable bonds is 0. The predicted octanol–water partition coefficient (Wildman–Crippen LogP) is 7.29. The highest BCUT2D eigenvalue weighted by Gasteiger charge is 2.20. The molecule has 0 bridgehead atoms. The number of fused-ring (bicyclic) bond motifs is 6. The zero-order valence-electron chi connectivity index (χ0n) is 19.7. The van der Waals surface area contributed by atoms with E-state index in [4.69, 9.17) is 0 Å². The molecule has 0 aliphatic carbocycles. The molecule has 0 aliphatic rings. The maximum Gasteiger partial charge on any atom is 0.0705 e. The largest absolute Gasteiger partial charge is 0.315 e. The average Bonchev–Trinajstić information content (AvgIpc) is 3.28. The van der Waals surface area contributed by atoms with Gasteiger partial charge in [-0.1, -0.05) is 35.8 Å². The number of benzene rings is 1. The van der Waals surface area contributed by atoms with E-state index in [2.05, 4.69) is 135 Å². The third kappa shape index (κ3) is 3.43. The molecular formula is C30H28N2. The van der Waals surface area contributed by atoms with Crippen LogP contribution in [0.5, 0.6) is 0 Å². The topological polar surface area (TPSA) is 8.82 Å². The van der Waals surface area contributed by atoms with Crippen LogP contribution in [-0.4, -0.2) is 8.80 Å². The second-order valence-corrected chi connectivity index (χ2v) is 10.6. The summed E-state index contributed by atoms with van der Waals surface area (Å²) in [7, 11) is 0. The van der Waals surface area contributed by atoms with E-state index < -0.39 is 0 Å². The first-order chi connectivity index (χ1) is 15.1. The number of nitrogens with zero attached hydrogens (tertiary/aromatic N) is 2. The molecule has 0 saturated carbocycles. The second kappa shape index (κ2) is 6.94. The van der Waals surface area contributed by atoms with Gasteiger partial charge in [-0.25, -0.2) is 0 Å². The molecule has 0 fully saturated rings. The highest BCUT2D eigenvalue weighted by molar-refractivity contribution is 6.11. The van der Waals surface area contributed by atoms with Crippen molar-refractivity contribution in [2.75, 3.05) is 0 Å². The van der Waals surface area contributed by atoms with Crippen molar-refractivity contribution < 1.29 is 0 Å². The third-order valence-electron chi connectivity index (χ3n) is 5.50. The molecule has 0 radical (unpaired) electrons. The SMILES string of the molecule is CC(C)(C)C#Cc1c2cc3ccccn3c2c(C#CC(C)(C)C)c2cc3ccccn3c12. The molecule has 0 saturated heterocycles. The van der Waals surface area contributed by atoms with Crippen LogP contribution in [0.1, 0.15) is 52.7 Å². The Morgan fingerprint density at radius 2 is 1.00 bits per heavy atom. The van der Waals surface area contributed by atoms with Gasteiger partial charge in [0.25, 0.3) is 0 Å². The van der Waals surface area contributed by atoms with E-state index in [1.807, 2.05) is 0 Å². The Kier molecular flexibility index (Phi) is 4.40. The van der Waals surface area contributed by atoms with E-state index in [0.29, 0.717) is 0 Å². The van der Waals surface area contributed by atoms with Gasteiger partial charge in [-0.3, -0.25) is 0 Å². The van der Waals surface area contributed by atoms with Gasteiger partial charge in [0.15, 0.2) is 0 Å². The molecular weight excluding hydrogens is 388 g/mol. The van der Waals surface area contributed by atoms with Crippen LogP contribution >= 0.6 is 0 Å². The van der Waals surface area contributed by atoms with Crippen LogP contribution in [0.4, 0.5) is 0 Å². The molecule has 0 atom stereocenters. The Hall–Kier alpha value is -3.62. The van der Waals surface area contributed by atoms with Crippen molar-refractivity contribution in [3.63, 3.8) is 0 Å². The minimum Gasteiger partial charge on any atom is -0.315 e. The predicted molar refractivity (Wildman–Crippen MR) is 136 cm³/mol. The minimum absolute atomic E-state index is 0.0877. The van der Waals surface area contributed by atoms with E-state index in [1.165, 1.54) is 0 Å². The number of hydrogen-bond acceptors (Lipinski definition) is 0. The first kappa shape index (κ1) is 20.3. The van der Waals surface area contributed by atoms with Crippen molar-refractivity contribution in [1.82, 2.24) is 8.80 Å². The molecule has 158 valence electrons. The van der Waals surface area contributed by atoms with Gasteiger partial charge in [0.2, 0.25) is 0 Å². The first-order valence-electron chi connectivity index (χ1n) is 11.1. The Morgan fingerprint density at radius 1 is 0.594 bits per heavy atom. The minimum atomic E-state index is -0.0877. The van der Waals surface area contributed by atoms with Gasteiger partial charge in [-0.15, -0.1) is 0 Å². The van der Waals surface area contributed by atoms with Crippen molar-refractivity contribution in [2.45, 2.75) is 41.5 Å². The summed E-state index contributed by atoms with van der Waals surface area (Å²) >= 11 is 0. The molecule has 4 heterocycles. The molecule has 1 aromatic carbocycles. The van der Waals surface area contributed by atoms with E-state index in [0.717, 1.165) is 44.0 Å². The fourth-order valence-corrected chi connectivity index (χ4v) is 4.15. The molecule has 5 aromatic rings. The molecule has 0 aliphatic heterocycles. The van der Waals surface area contributed by atoms with Gasteiger partial charge in [0.1, 0.15) is 0 Å². The Labute approximate surface area is 189 Å². The van der Waals surface area contributed by atoms with Crippen molar-refractivity contribution in [3.05, 3.63) is 72.1 Å². The van der Waals surface area contributed by atoms with Crippen LogP contribution in [-0.2, 0) is 0 Å². The molecule has 0 unspecified atom stereocenters. The molecule has 0 N–H and O–H groups in total. The van der Waals surface area contributed by atoms with Crippen molar-refractivity contribution in [1.29, 1.82) is 0 Å². The zero-order chi connectivity index (χ0) is 22.7. The second-order valence-electron chi connectivity index (χ2n) is 10.6. The summed E-state index contributed by atoms with van der Waals surface area (Å²) in [4.78, 5) is 0. The molecule has 4 aromatic heterocycles. The Morgan fingerprint density at radius 3 is 1.38 bits per heavy atom. The van der Waals surface area contributed by atoms with Gasteiger partial charge in [-0.2, -0.15) is 0 Å². The Balaban J connectivity index is 2.08. The lowest BCUT2D eigenvalue weighted by molar-refractivity contribution is 0.570. The fourth-order valence-electron chi connectivity index (χ4n) is 4.15. The lowest BCUT2D eigenvalue weighted by atomic mass is 9.94. The molecule has 5 rings (SSSR count). The van der Waals surface area contributed by atoms with Crippen LogP contribution in [0, 0.1) is 34.5 Å². The van der Waals surface area contributed by atoms with Crippen LogP contribution in [0.25, 0.3) is 32.8 Å². The van der Waals surface area contributed by atoms with Crippen molar-refractivity contribution >= 4 is 32.8 Å². The number of aromatic nitrogens is 2. The van der Waals surface area contributed by atoms with Crippen LogP contribution in [0.2, 0.25) is 0 Å². The summed E-state index contributed by atoms with van der Waals surface area (Å²) in [6, 6.07) is 17.1. The van der Waals surface area contributed by atoms with Crippen LogP contribution in [0.15, 0.2) is 60.9 Å². The van der Waals surface area contributed by atoms with E-state index in [1.54, 1.807) is 0 Å². The summed E-state index contributed by atoms with van der Waals surface area (Å²) in [6.45, 7) is 12.9. The van der Waals surface area contributed by atoms with Crippen LogP contribution < -0.4 is 0 Å². The molecule has 32 heavy (non-hydrogen) atoms. The van der Waals surface area contributed by atoms with Gasteiger partial charge < -0.3 is 8.80 Å². The van der Waals surface area contributed by atoms with Crippen LogP contribution in [0.3, 0.4) is 0 Å². The number of pyridine rings is 2. The standard InChI is InChI=1S/C30H28N2/c1-29(2,3)15-13-23-25-19-21-11-8-10-18-32(21)28(25)24(14-16-30(4,5)6)26-20-22-12-7-9-17-31(22)27(23)26/h7-12,17-20H,1-6H3. The summed E-state index contributed by atoms with van der Waals surface area (Å²) in [6.07, 6.45) is 4.26. The highest BCUT2D eigenvalue weighted by Crippen LogP contribution is 2.36. The Bertz CT molecular complexity index is 1510. The van der Waals surface area contributed by atoms with Gasteiger partial charge >= 0.3 is 0 Å². The summed E-state index contributed by atoms with van der Waals surface area (Å²) in [5.74, 6) is 14.1. The summed E-state index contributed by atoms with van der Waals surface area (Å²) in [5, 5.41) is 2.31. The molecule has 0 amide bonds. The summed E-state index contributed by atoms with van der Waals surface area (Å²) in [5.41, 5.74) is 6.55. The molecule has 0 spiro atoms. The lowest BCUT2D eigenvalue weighted by Crippen LogP contribution is -2.01. The molecule has 2 heteroatoms. The number of hydrogen-bond donors (Lipinski definition) is 0. The van der Waals surface area contributed by atoms with E-state index in [-0.39, 0.29) is 10.8 Å². The fraction of sp³-hybridized carbons (Fsp3) is 0.267. The average molecular weight is 417 g/mol. The lowest BCUT2D eigenvalue weighted by Gasteiger charge is -2.11. The quantitative estimate of drug-likeness (QED) is 0.234. The zero-order valence-corrected chi connectivity index (χ0v) is 19.7. The smallest absolute Gasteiger partial charge is 0.0705 e. The van der Waals surface area contributed by atoms with Gasteiger partial charge in [-0.05, 0) is 77.9 Å². The normalized spacial score (nSPS) is 12.2.